The molecule has 1 aliphatic rings. The summed E-state index contributed by atoms with van der Waals surface area (Å²) in [5.74, 6) is 0.0557. The number of amides is 1. The third-order valence-corrected chi connectivity index (χ3v) is 8.12. The summed E-state index contributed by atoms with van der Waals surface area (Å²) in [6.45, 7) is 8.41. The lowest BCUT2D eigenvalue weighted by Gasteiger charge is -2.41. The molecule has 0 aliphatic carbocycles. The fourth-order valence-electron chi connectivity index (χ4n) is 5.41. The first-order valence-corrected chi connectivity index (χ1v) is 15.5. The van der Waals surface area contributed by atoms with Crippen molar-refractivity contribution >= 4 is 33.0 Å². The maximum absolute atomic E-state index is 14.3. The smallest absolute Gasteiger partial charge is 0.433 e. The van der Waals surface area contributed by atoms with Gasteiger partial charge in [-0.25, -0.2) is 17.9 Å². The highest BCUT2D eigenvalue weighted by molar-refractivity contribution is 7.92. The molecule has 3 heterocycles. The molecule has 44 heavy (non-hydrogen) atoms. The van der Waals surface area contributed by atoms with E-state index < -0.39 is 27.8 Å². The number of anilines is 1. The van der Waals surface area contributed by atoms with Crippen LogP contribution in [0.25, 0.3) is 22.6 Å². The van der Waals surface area contributed by atoms with Gasteiger partial charge in [0, 0.05) is 48.2 Å². The zero-order chi connectivity index (χ0) is 32.0. The van der Waals surface area contributed by atoms with Crippen molar-refractivity contribution in [1.82, 2.24) is 24.4 Å². The lowest BCUT2D eigenvalue weighted by molar-refractivity contribution is -0.143. The van der Waals surface area contributed by atoms with Crippen LogP contribution in [0.1, 0.15) is 34.1 Å². The van der Waals surface area contributed by atoms with Crippen molar-refractivity contribution in [2.45, 2.75) is 26.1 Å². The van der Waals surface area contributed by atoms with E-state index in [2.05, 4.69) is 21.4 Å². The van der Waals surface area contributed by atoms with Crippen molar-refractivity contribution in [3.8, 4) is 17.0 Å². The number of nitrogens with zero attached hydrogens (tertiary/aromatic N) is 5. The number of ether oxygens (including phenoxy) is 1. The van der Waals surface area contributed by atoms with Gasteiger partial charge in [0.25, 0.3) is 5.91 Å². The zero-order valence-corrected chi connectivity index (χ0v) is 25.3. The summed E-state index contributed by atoms with van der Waals surface area (Å²) in [4.78, 5) is 21.9. The molecular weight excluding hydrogens is 597 g/mol. The molecule has 0 saturated carbocycles. The maximum Gasteiger partial charge on any atom is 0.433 e. The van der Waals surface area contributed by atoms with Crippen molar-refractivity contribution in [3.63, 3.8) is 0 Å². The van der Waals surface area contributed by atoms with Crippen LogP contribution in [0.3, 0.4) is 0 Å². The molecule has 2 aromatic carbocycles. The maximum atomic E-state index is 14.3. The van der Waals surface area contributed by atoms with Gasteiger partial charge in [0.2, 0.25) is 10.0 Å². The number of hydrogen-bond acceptors (Lipinski definition) is 7. The van der Waals surface area contributed by atoms with E-state index in [1.54, 1.807) is 47.4 Å². The van der Waals surface area contributed by atoms with Crippen LogP contribution in [0.2, 0.25) is 0 Å². The average Bonchev–Trinajstić information content (AvgIpc) is 3.37. The molecule has 0 bridgehead atoms. The Morgan fingerprint density at radius 2 is 1.84 bits per heavy atom. The normalized spacial score (nSPS) is 15.8. The second-order valence-electron chi connectivity index (χ2n) is 10.6. The Morgan fingerprint density at radius 3 is 2.45 bits per heavy atom. The Hall–Kier alpha value is -4.59. The standard InChI is InChI=1S/C30H31F3N6O4S/c1-18-17-37(20(3)22-7-6-8-23(15-22)36-44(5,41)42)13-14-38(18)29(40)25-16-34-39-27(30(31,32)33)19(2)26(35-28(25)39)21-9-11-24(43-4)12-10-21/h6-12,15-16,18,36H,3,13-14,17H2,1-2,4-5H3/t18-/m1/s1. The molecule has 14 heteroatoms. The summed E-state index contributed by atoms with van der Waals surface area (Å²) in [5, 5.41) is 3.96. The van der Waals surface area contributed by atoms with Crippen molar-refractivity contribution in [2.75, 3.05) is 37.7 Å². The number of halogens is 3. The molecule has 1 fully saturated rings. The number of fused-ring (bicyclic) bond motifs is 1. The molecule has 2 aromatic heterocycles. The number of aromatic nitrogens is 3. The van der Waals surface area contributed by atoms with Crippen molar-refractivity contribution in [1.29, 1.82) is 0 Å². The Balaban J connectivity index is 1.43. The molecule has 0 spiro atoms. The summed E-state index contributed by atoms with van der Waals surface area (Å²) < 4.78 is 74.6. The van der Waals surface area contributed by atoms with E-state index in [1.807, 2.05) is 17.9 Å². The molecule has 0 radical (unpaired) electrons. The van der Waals surface area contributed by atoms with Gasteiger partial charge in [0.1, 0.15) is 11.3 Å². The SMILES string of the molecule is C=C(c1cccc(NS(C)(=O)=O)c1)N1CCN(C(=O)c2cnn3c(C(F)(F)F)c(C)c(-c4ccc(OC)cc4)nc23)[C@H](C)C1. The monoisotopic (exact) mass is 628 g/mol. The molecule has 1 atom stereocenters. The van der Waals surface area contributed by atoms with Crippen LogP contribution in [0.4, 0.5) is 18.9 Å². The fraction of sp³-hybridized carbons (Fsp3) is 0.300. The molecule has 1 N–H and O–H groups in total. The van der Waals surface area contributed by atoms with Crippen LogP contribution in [-0.2, 0) is 16.2 Å². The number of nitrogens with one attached hydrogen (secondary N) is 1. The minimum Gasteiger partial charge on any atom is -0.497 e. The summed E-state index contributed by atoms with van der Waals surface area (Å²) in [6, 6.07) is 13.0. The highest BCUT2D eigenvalue weighted by Gasteiger charge is 2.39. The highest BCUT2D eigenvalue weighted by atomic mass is 32.2. The molecule has 10 nitrogen and oxygen atoms in total. The summed E-state index contributed by atoms with van der Waals surface area (Å²) >= 11 is 0. The van der Waals surface area contributed by atoms with Gasteiger partial charge in [-0.05, 0) is 55.8 Å². The van der Waals surface area contributed by atoms with E-state index in [0.29, 0.717) is 45.9 Å². The second kappa shape index (κ2) is 11.5. The van der Waals surface area contributed by atoms with Gasteiger partial charge in [0.15, 0.2) is 11.3 Å². The highest BCUT2D eigenvalue weighted by Crippen LogP contribution is 2.37. The van der Waals surface area contributed by atoms with Gasteiger partial charge in [-0.1, -0.05) is 18.7 Å². The number of sulfonamides is 1. The molecule has 5 rings (SSSR count). The predicted molar refractivity (Wildman–Crippen MR) is 161 cm³/mol. The minimum atomic E-state index is -4.76. The molecular formula is C30H31F3N6O4S. The first kappa shape index (κ1) is 30.9. The van der Waals surface area contributed by atoms with Gasteiger partial charge in [0.05, 0.1) is 25.3 Å². The topological polar surface area (TPSA) is 109 Å². The molecule has 1 aliphatic heterocycles. The number of rotatable bonds is 7. The molecule has 4 aromatic rings. The zero-order valence-electron chi connectivity index (χ0n) is 24.5. The first-order chi connectivity index (χ1) is 20.7. The Labute approximate surface area is 252 Å². The third kappa shape index (κ3) is 6.07. The summed E-state index contributed by atoms with van der Waals surface area (Å²) in [5.41, 5.74) is 0.929. The van der Waals surface area contributed by atoms with Gasteiger partial charge >= 0.3 is 6.18 Å². The van der Waals surface area contributed by atoms with Crippen molar-refractivity contribution in [2.24, 2.45) is 0 Å². The van der Waals surface area contributed by atoms with Crippen LogP contribution >= 0.6 is 0 Å². The number of methoxy groups -OCH3 is 1. The number of benzene rings is 2. The van der Waals surface area contributed by atoms with Gasteiger partial charge in [-0.2, -0.15) is 18.3 Å². The van der Waals surface area contributed by atoms with Crippen LogP contribution in [0.15, 0.2) is 61.3 Å². The quantitative estimate of drug-likeness (QED) is 0.310. The molecule has 232 valence electrons. The van der Waals surface area contributed by atoms with Crippen LogP contribution in [-0.4, -0.2) is 77.8 Å². The third-order valence-electron chi connectivity index (χ3n) is 7.52. The fourth-order valence-corrected chi connectivity index (χ4v) is 5.96. The number of alkyl halides is 3. The molecule has 1 amide bonds. The number of piperazine rings is 1. The van der Waals surface area contributed by atoms with E-state index in [4.69, 9.17) is 4.74 Å². The summed E-state index contributed by atoms with van der Waals surface area (Å²) in [7, 11) is -1.97. The van der Waals surface area contributed by atoms with E-state index in [0.717, 1.165) is 12.5 Å². The van der Waals surface area contributed by atoms with Gasteiger partial charge in [-0.3, -0.25) is 9.52 Å². The van der Waals surface area contributed by atoms with Crippen molar-refractivity contribution in [3.05, 3.63) is 83.7 Å². The Morgan fingerprint density at radius 1 is 1.14 bits per heavy atom. The van der Waals surface area contributed by atoms with Crippen LogP contribution < -0.4 is 9.46 Å². The number of hydrogen-bond donors (Lipinski definition) is 1. The predicted octanol–water partition coefficient (Wildman–Crippen LogP) is 4.92. The first-order valence-electron chi connectivity index (χ1n) is 13.6. The number of carbonyl (C=O) groups excluding carboxylic acids is 1. The van der Waals surface area contributed by atoms with E-state index >= 15 is 0 Å². The van der Waals surface area contributed by atoms with E-state index in [9.17, 15) is 26.4 Å². The number of carbonyl (C=O) groups is 1. The average molecular weight is 629 g/mol. The lowest BCUT2D eigenvalue weighted by atomic mass is 10.0. The second-order valence-corrected chi connectivity index (χ2v) is 12.4. The largest absolute Gasteiger partial charge is 0.497 e. The van der Waals surface area contributed by atoms with Crippen LogP contribution in [0.5, 0.6) is 5.75 Å². The molecule has 0 unspecified atom stereocenters. The lowest BCUT2D eigenvalue weighted by Crippen LogP contribution is -2.53. The van der Waals surface area contributed by atoms with Crippen molar-refractivity contribution < 1.29 is 31.1 Å². The van der Waals surface area contributed by atoms with E-state index in [1.165, 1.54) is 14.0 Å². The minimum absolute atomic E-state index is 0.0380. The van der Waals surface area contributed by atoms with Gasteiger partial charge in [-0.15, -0.1) is 0 Å². The Bertz CT molecular complexity index is 1860. The Kier molecular flexibility index (Phi) is 8.05. The molecule has 1 saturated heterocycles. The summed E-state index contributed by atoms with van der Waals surface area (Å²) in [6.07, 6.45) is -2.56. The van der Waals surface area contributed by atoms with E-state index in [-0.39, 0.29) is 35.1 Å². The van der Waals surface area contributed by atoms with Crippen LogP contribution in [0, 0.1) is 6.92 Å². The van der Waals surface area contributed by atoms with Gasteiger partial charge < -0.3 is 14.5 Å².